The molecule has 0 aromatic carbocycles. The van der Waals surface area contributed by atoms with Gasteiger partial charge in [-0.25, -0.2) is 0 Å². The van der Waals surface area contributed by atoms with Gasteiger partial charge in [-0.3, -0.25) is 9.59 Å². The molecule has 2 saturated carbocycles. The summed E-state index contributed by atoms with van der Waals surface area (Å²) in [6.45, 7) is 1.47. The fourth-order valence-electron chi connectivity index (χ4n) is 3.72. The Morgan fingerprint density at radius 3 is 1.91 bits per heavy atom. The van der Waals surface area contributed by atoms with Gasteiger partial charge in [-0.1, -0.05) is 19.3 Å². The molecule has 0 aromatic heterocycles. The maximum atomic E-state index is 12.4. The van der Waals surface area contributed by atoms with E-state index in [1.54, 1.807) is 0 Å². The van der Waals surface area contributed by atoms with Crippen molar-refractivity contribution in [1.29, 1.82) is 0 Å². The first kappa shape index (κ1) is 15.8. The molecule has 124 valence electrons. The number of nitrogens with zero attached hydrogens (tertiary/aromatic N) is 1. The van der Waals surface area contributed by atoms with Crippen LogP contribution >= 0.6 is 0 Å². The average molecular weight is 307 g/mol. The lowest BCUT2D eigenvalue weighted by Crippen LogP contribution is -2.41. The molecule has 0 spiro atoms. The van der Waals surface area contributed by atoms with Crippen molar-refractivity contribution in [3.05, 3.63) is 0 Å². The van der Waals surface area contributed by atoms with E-state index in [0.29, 0.717) is 11.8 Å². The molecule has 4 heteroatoms. The van der Waals surface area contributed by atoms with Crippen molar-refractivity contribution in [3.8, 4) is 0 Å². The fraction of sp³-hybridized carbons (Fsp3) is 0.889. The molecule has 0 radical (unpaired) electrons. The first-order valence-electron chi connectivity index (χ1n) is 9.23. The zero-order valence-corrected chi connectivity index (χ0v) is 13.6. The van der Waals surface area contributed by atoms with Crippen molar-refractivity contribution in [2.75, 3.05) is 13.1 Å². The molecule has 1 saturated heterocycles. The molecule has 3 fully saturated rings. The van der Waals surface area contributed by atoms with Gasteiger partial charge < -0.3 is 9.64 Å². The van der Waals surface area contributed by atoms with E-state index >= 15 is 0 Å². The van der Waals surface area contributed by atoms with Gasteiger partial charge in [0.25, 0.3) is 0 Å². The summed E-state index contributed by atoms with van der Waals surface area (Å²) in [7, 11) is 0. The minimum atomic E-state index is -0.0101. The van der Waals surface area contributed by atoms with Gasteiger partial charge in [0.15, 0.2) is 0 Å². The van der Waals surface area contributed by atoms with Gasteiger partial charge in [0.05, 0.1) is 5.92 Å². The highest BCUT2D eigenvalue weighted by Crippen LogP contribution is 2.32. The number of hydrogen-bond donors (Lipinski definition) is 0. The molecule has 0 N–H and O–H groups in total. The van der Waals surface area contributed by atoms with Crippen LogP contribution in [0.5, 0.6) is 0 Å². The molecule has 3 aliphatic rings. The largest absolute Gasteiger partial charge is 0.462 e. The Bertz CT molecular complexity index is 389. The van der Waals surface area contributed by atoms with Crippen molar-refractivity contribution < 1.29 is 14.3 Å². The predicted molar refractivity (Wildman–Crippen MR) is 84.2 cm³/mol. The van der Waals surface area contributed by atoms with Crippen LogP contribution < -0.4 is 0 Å². The molecule has 4 nitrogen and oxygen atoms in total. The Hall–Kier alpha value is -1.06. The lowest BCUT2D eigenvalue weighted by Gasteiger charge is -2.32. The van der Waals surface area contributed by atoms with Gasteiger partial charge in [0, 0.05) is 19.0 Å². The van der Waals surface area contributed by atoms with Crippen LogP contribution in [0.25, 0.3) is 0 Å². The van der Waals surface area contributed by atoms with Gasteiger partial charge in [-0.2, -0.15) is 0 Å². The maximum Gasteiger partial charge on any atom is 0.309 e. The van der Waals surface area contributed by atoms with E-state index in [-0.39, 0.29) is 18.0 Å². The van der Waals surface area contributed by atoms with Crippen LogP contribution in [0.3, 0.4) is 0 Å². The second-order valence-electron chi connectivity index (χ2n) is 7.28. The molecule has 1 heterocycles. The topological polar surface area (TPSA) is 46.6 Å². The molecule has 1 aliphatic heterocycles. The second-order valence-corrected chi connectivity index (χ2v) is 7.28. The molecule has 0 bridgehead atoms. The van der Waals surface area contributed by atoms with Crippen LogP contribution in [0.15, 0.2) is 0 Å². The highest BCUT2D eigenvalue weighted by Gasteiger charge is 2.36. The van der Waals surface area contributed by atoms with Crippen LogP contribution in [0.2, 0.25) is 0 Å². The van der Waals surface area contributed by atoms with Crippen LogP contribution in [0.1, 0.15) is 70.6 Å². The van der Waals surface area contributed by atoms with E-state index in [2.05, 4.69) is 0 Å². The molecule has 1 amide bonds. The lowest BCUT2D eigenvalue weighted by atomic mass is 9.95. The SMILES string of the molecule is O=C(OC1CCCCCCC1)C1CCN(C(=O)C2CC2)CC1. The molecule has 0 atom stereocenters. The smallest absolute Gasteiger partial charge is 0.309 e. The Balaban J connectivity index is 1.41. The number of likely N-dealkylation sites (tertiary alicyclic amines) is 1. The number of hydrogen-bond acceptors (Lipinski definition) is 3. The first-order chi connectivity index (χ1) is 10.7. The summed E-state index contributed by atoms with van der Waals surface area (Å²) in [5, 5.41) is 0. The maximum absolute atomic E-state index is 12.4. The standard InChI is InChI=1S/C18H29NO3/c20-17(14-8-9-14)19-12-10-15(11-13-19)18(21)22-16-6-4-2-1-3-5-7-16/h14-16H,1-13H2. The predicted octanol–water partition coefficient (Wildman–Crippen LogP) is 3.29. The van der Waals surface area contributed by atoms with Gasteiger partial charge in [-0.15, -0.1) is 0 Å². The fourth-order valence-corrected chi connectivity index (χ4v) is 3.72. The summed E-state index contributed by atoms with van der Waals surface area (Å²) in [5.74, 6) is 0.600. The Kier molecular flexibility index (Phi) is 5.37. The number of carbonyl (C=O) groups is 2. The van der Waals surface area contributed by atoms with E-state index in [4.69, 9.17) is 4.74 Å². The molecular weight excluding hydrogens is 278 g/mol. The summed E-state index contributed by atoms with van der Waals surface area (Å²) >= 11 is 0. The molecule has 2 aliphatic carbocycles. The van der Waals surface area contributed by atoms with Crippen LogP contribution in [-0.4, -0.2) is 36.0 Å². The summed E-state index contributed by atoms with van der Waals surface area (Å²) in [6, 6.07) is 0. The van der Waals surface area contributed by atoms with Crippen molar-refractivity contribution in [2.24, 2.45) is 11.8 Å². The number of carbonyl (C=O) groups excluding carboxylic acids is 2. The van der Waals surface area contributed by atoms with E-state index < -0.39 is 0 Å². The Labute approximate surface area is 133 Å². The van der Waals surface area contributed by atoms with E-state index in [1.807, 2.05) is 4.90 Å². The number of esters is 1. The van der Waals surface area contributed by atoms with Crippen molar-refractivity contribution in [2.45, 2.75) is 76.7 Å². The van der Waals surface area contributed by atoms with Crippen molar-refractivity contribution in [1.82, 2.24) is 4.90 Å². The van der Waals surface area contributed by atoms with Gasteiger partial charge in [-0.05, 0) is 51.4 Å². The van der Waals surface area contributed by atoms with Gasteiger partial charge in [0.1, 0.15) is 6.10 Å². The highest BCUT2D eigenvalue weighted by atomic mass is 16.5. The van der Waals surface area contributed by atoms with E-state index in [0.717, 1.165) is 51.6 Å². The number of amides is 1. The zero-order chi connectivity index (χ0) is 15.4. The lowest BCUT2D eigenvalue weighted by molar-refractivity contribution is -0.158. The van der Waals surface area contributed by atoms with Crippen molar-refractivity contribution >= 4 is 11.9 Å². The third-order valence-corrected chi connectivity index (χ3v) is 5.40. The van der Waals surface area contributed by atoms with Crippen LogP contribution in [0, 0.1) is 11.8 Å². The number of piperidine rings is 1. The number of rotatable bonds is 3. The third-order valence-electron chi connectivity index (χ3n) is 5.40. The molecule has 3 rings (SSSR count). The molecule has 0 unspecified atom stereocenters. The normalized spacial score (nSPS) is 25.4. The molecular formula is C18H29NO3. The summed E-state index contributed by atoms with van der Waals surface area (Å²) in [5.41, 5.74) is 0. The van der Waals surface area contributed by atoms with Gasteiger partial charge in [0.2, 0.25) is 5.91 Å². The molecule has 0 aromatic rings. The monoisotopic (exact) mass is 307 g/mol. The minimum absolute atomic E-state index is 0.00805. The quantitative estimate of drug-likeness (QED) is 0.752. The van der Waals surface area contributed by atoms with Crippen LogP contribution in [-0.2, 0) is 14.3 Å². The summed E-state index contributed by atoms with van der Waals surface area (Å²) in [4.78, 5) is 26.4. The summed E-state index contributed by atoms with van der Waals surface area (Å²) in [6.07, 6.45) is 12.1. The zero-order valence-electron chi connectivity index (χ0n) is 13.6. The average Bonchev–Trinajstić information content (AvgIpc) is 3.34. The Morgan fingerprint density at radius 1 is 0.727 bits per heavy atom. The van der Waals surface area contributed by atoms with Crippen LogP contribution in [0.4, 0.5) is 0 Å². The molecule has 22 heavy (non-hydrogen) atoms. The van der Waals surface area contributed by atoms with E-state index in [9.17, 15) is 9.59 Å². The minimum Gasteiger partial charge on any atom is -0.462 e. The van der Waals surface area contributed by atoms with Gasteiger partial charge >= 0.3 is 5.97 Å². The van der Waals surface area contributed by atoms with Crippen molar-refractivity contribution in [3.63, 3.8) is 0 Å². The Morgan fingerprint density at radius 2 is 1.32 bits per heavy atom. The second kappa shape index (κ2) is 7.47. The first-order valence-corrected chi connectivity index (χ1v) is 9.23. The highest BCUT2D eigenvalue weighted by molar-refractivity contribution is 5.81. The third kappa shape index (κ3) is 4.23. The summed E-state index contributed by atoms with van der Waals surface area (Å²) < 4.78 is 5.78. The number of ether oxygens (including phenoxy) is 1. The van der Waals surface area contributed by atoms with E-state index in [1.165, 1.54) is 32.1 Å².